The van der Waals surface area contributed by atoms with Crippen molar-refractivity contribution in [3.05, 3.63) is 47.4 Å². The summed E-state index contributed by atoms with van der Waals surface area (Å²) in [5.74, 6) is -2.69. The van der Waals surface area contributed by atoms with Gasteiger partial charge in [0.15, 0.2) is 5.65 Å². The van der Waals surface area contributed by atoms with Crippen molar-refractivity contribution in [3.63, 3.8) is 0 Å². The van der Waals surface area contributed by atoms with Gasteiger partial charge in [-0.15, -0.1) is 12.4 Å². The van der Waals surface area contributed by atoms with Crippen LogP contribution in [0.25, 0.3) is 11.0 Å². The summed E-state index contributed by atoms with van der Waals surface area (Å²) in [6.45, 7) is 2.08. The quantitative estimate of drug-likeness (QED) is 0.532. The molecule has 1 aliphatic rings. The van der Waals surface area contributed by atoms with Crippen LogP contribution < -0.4 is 5.32 Å². The second-order valence-corrected chi connectivity index (χ2v) is 7.72. The van der Waals surface area contributed by atoms with Crippen molar-refractivity contribution in [1.29, 1.82) is 0 Å². The van der Waals surface area contributed by atoms with E-state index in [0.717, 1.165) is 12.1 Å². The Morgan fingerprint density at radius 1 is 1.19 bits per heavy atom. The molecule has 1 aliphatic heterocycles. The van der Waals surface area contributed by atoms with E-state index in [4.69, 9.17) is 0 Å². The lowest BCUT2D eigenvalue weighted by atomic mass is 9.99. The van der Waals surface area contributed by atoms with E-state index in [2.05, 4.69) is 25.5 Å². The lowest BCUT2D eigenvalue weighted by Gasteiger charge is -2.38. The Hall–Kier alpha value is -2.53. The Kier molecular flexibility index (Phi) is 6.89. The molecule has 3 aromatic rings. The van der Waals surface area contributed by atoms with Gasteiger partial charge in [-0.3, -0.25) is 10.00 Å². The number of hydrogen-bond donors (Lipinski definition) is 2. The molecule has 0 saturated carbocycles. The molecule has 0 radical (unpaired) electrons. The van der Waals surface area contributed by atoms with E-state index in [1.807, 2.05) is 0 Å². The molecule has 2 aromatic heterocycles. The van der Waals surface area contributed by atoms with Gasteiger partial charge in [0.2, 0.25) is 0 Å². The van der Waals surface area contributed by atoms with Crippen LogP contribution in [0.1, 0.15) is 23.2 Å². The molecule has 1 fully saturated rings. The Bertz CT molecular complexity index is 1050. The number of hydrogen-bond acceptors (Lipinski definition) is 5. The van der Waals surface area contributed by atoms with Gasteiger partial charge >= 0.3 is 6.18 Å². The van der Waals surface area contributed by atoms with Gasteiger partial charge in [-0.05, 0) is 37.5 Å². The van der Waals surface area contributed by atoms with Crippen LogP contribution in [-0.2, 0) is 12.6 Å². The first kappa shape index (κ1) is 24.1. The predicted molar refractivity (Wildman–Crippen MR) is 112 cm³/mol. The second kappa shape index (κ2) is 9.14. The number of anilines is 1. The largest absolute Gasteiger partial charge is 0.416 e. The molecular formula is C20H22ClF5N6. The zero-order valence-corrected chi connectivity index (χ0v) is 17.9. The van der Waals surface area contributed by atoms with E-state index in [-0.39, 0.29) is 18.8 Å². The molecule has 1 atom stereocenters. The number of fused-ring (bicyclic) bond motifs is 1. The average Bonchev–Trinajstić information content (AvgIpc) is 3.09. The number of halogens is 6. The summed E-state index contributed by atoms with van der Waals surface area (Å²) >= 11 is 0. The number of alkyl halides is 5. The number of likely N-dealkylation sites (tertiary alicyclic amines) is 1. The van der Waals surface area contributed by atoms with Crippen LogP contribution in [0, 0.1) is 6.92 Å². The van der Waals surface area contributed by atoms with Gasteiger partial charge in [-0.2, -0.15) is 18.3 Å². The summed E-state index contributed by atoms with van der Waals surface area (Å²) in [7, 11) is 0. The van der Waals surface area contributed by atoms with Crippen molar-refractivity contribution in [2.45, 2.75) is 37.9 Å². The SMILES string of the molecule is Cc1n[nH]c2ncnc(NC3CCN(CCc4ccc(C(F)(F)F)cc4)CC3(F)F)c12.Cl. The average molecular weight is 477 g/mol. The van der Waals surface area contributed by atoms with Gasteiger partial charge in [0.25, 0.3) is 5.92 Å². The van der Waals surface area contributed by atoms with Crippen LogP contribution in [0.4, 0.5) is 27.8 Å². The molecule has 6 nitrogen and oxygen atoms in total. The first-order valence-electron chi connectivity index (χ1n) is 9.82. The molecule has 0 spiro atoms. The smallest absolute Gasteiger partial charge is 0.360 e. The van der Waals surface area contributed by atoms with Crippen LogP contribution in [-0.4, -0.2) is 56.7 Å². The zero-order chi connectivity index (χ0) is 22.2. The Labute approximate surface area is 187 Å². The zero-order valence-electron chi connectivity index (χ0n) is 17.1. The normalized spacial score (nSPS) is 19.0. The topological polar surface area (TPSA) is 69.7 Å². The van der Waals surface area contributed by atoms with Crippen molar-refractivity contribution in [2.24, 2.45) is 0 Å². The summed E-state index contributed by atoms with van der Waals surface area (Å²) in [4.78, 5) is 9.79. The van der Waals surface area contributed by atoms with E-state index < -0.39 is 30.2 Å². The molecule has 1 saturated heterocycles. The number of nitrogens with one attached hydrogen (secondary N) is 2. The summed E-state index contributed by atoms with van der Waals surface area (Å²) in [5.41, 5.74) is 1.06. The van der Waals surface area contributed by atoms with Crippen molar-refractivity contribution < 1.29 is 22.0 Å². The van der Waals surface area contributed by atoms with Gasteiger partial charge in [0, 0.05) is 13.1 Å². The van der Waals surface area contributed by atoms with Crippen molar-refractivity contribution in [1.82, 2.24) is 25.1 Å². The number of aromatic amines is 1. The van der Waals surface area contributed by atoms with Crippen LogP contribution in [0.3, 0.4) is 0 Å². The van der Waals surface area contributed by atoms with Gasteiger partial charge in [0.1, 0.15) is 12.1 Å². The molecule has 1 aromatic carbocycles. The maximum atomic E-state index is 14.8. The molecule has 32 heavy (non-hydrogen) atoms. The molecular weight excluding hydrogens is 455 g/mol. The number of nitrogens with zero attached hydrogens (tertiary/aromatic N) is 4. The molecule has 2 N–H and O–H groups in total. The highest BCUT2D eigenvalue weighted by molar-refractivity contribution is 5.88. The van der Waals surface area contributed by atoms with Gasteiger partial charge in [-0.1, -0.05) is 12.1 Å². The third-order valence-electron chi connectivity index (χ3n) is 5.53. The summed E-state index contributed by atoms with van der Waals surface area (Å²) in [5, 5.41) is 10.2. The lowest BCUT2D eigenvalue weighted by molar-refractivity contribution is -0.137. The maximum absolute atomic E-state index is 14.8. The Morgan fingerprint density at radius 2 is 1.91 bits per heavy atom. The van der Waals surface area contributed by atoms with Crippen LogP contribution >= 0.6 is 12.4 Å². The fourth-order valence-electron chi connectivity index (χ4n) is 3.81. The first-order chi connectivity index (χ1) is 14.6. The number of benzene rings is 1. The lowest BCUT2D eigenvalue weighted by Crippen LogP contribution is -2.54. The maximum Gasteiger partial charge on any atom is 0.416 e. The van der Waals surface area contributed by atoms with Gasteiger partial charge < -0.3 is 5.32 Å². The molecule has 1 unspecified atom stereocenters. The molecule has 174 valence electrons. The van der Waals surface area contributed by atoms with Gasteiger partial charge in [0.05, 0.1) is 29.2 Å². The number of piperidine rings is 1. The van der Waals surface area contributed by atoms with E-state index in [1.54, 1.807) is 11.8 Å². The highest BCUT2D eigenvalue weighted by Gasteiger charge is 2.44. The molecule has 0 bridgehead atoms. The Balaban J connectivity index is 0.00000289. The highest BCUT2D eigenvalue weighted by Crippen LogP contribution is 2.32. The fraction of sp³-hybridized carbons (Fsp3) is 0.450. The Morgan fingerprint density at radius 3 is 2.56 bits per heavy atom. The fourth-order valence-corrected chi connectivity index (χ4v) is 3.81. The van der Waals surface area contributed by atoms with Crippen LogP contribution in [0.5, 0.6) is 0 Å². The minimum absolute atomic E-state index is 0. The number of aromatic nitrogens is 4. The monoisotopic (exact) mass is 476 g/mol. The van der Waals surface area contributed by atoms with Crippen molar-refractivity contribution >= 4 is 29.3 Å². The third-order valence-corrected chi connectivity index (χ3v) is 5.53. The predicted octanol–water partition coefficient (Wildman–Crippen LogP) is 4.47. The summed E-state index contributed by atoms with van der Waals surface area (Å²) < 4.78 is 67.7. The van der Waals surface area contributed by atoms with E-state index in [9.17, 15) is 22.0 Å². The van der Waals surface area contributed by atoms with E-state index in [1.165, 1.54) is 18.5 Å². The molecule has 4 rings (SSSR count). The van der Waals surface area contributed by atoms with Crippen molar-refractivity contribution in [3.8, 4) is 0 Å². The molecule has 3 heterocycles. The van der Waals surface area contributed by atoms with Crippen molar-refractivity contribution in [2.75, 3.05) is 25.0 Å². The number of rotatable bonds is 5. The molecule has 0 amide bonds. The third kappa shape index (κ3) is 5.09. The van der Waals surface area contributed by atoms with Gasteiger partial charge in [-0.25, -0.2) is 18.7 Å². The first-order valence-corrected chi connectivity index (χ1v) is 9.82. The van der Waals surface area contributed by atoms with Crippen LogP contribution in [0.2, 0.25) is 0 Å². The minimum atomic E-state index is -4.39. The highest BCUT2D eigenvalue weighted by atomic mass is 35.5. The summed E-state index contributed by atoms with van der Waals surface area (Å²) in [6, 6.07) is 3.72. The molecule has 12 heteroatoms. The second-order valence-electron chi connectivity index (χ2n) is 7.72. The minimum Gasteiger partial charge on any atom is -0.360 e. The summed E-state index contributed by atoms with van der Waals surface area (Å²) in [6.07, 6.45) is -2.51. The number of aryl methyl sites for hydroxylation is 1. The van der Waals surface area contributed by atoms with E-state index in [0.29, 0.717) is 47.6 Å². The van der Waals surface area contributed by atoms with E-state index >= 15 is 0 Å². The van der Waals surface area contributed by atoms with Crippen LogP contribution in [0.15, 0.2) is 30.6 Å². The molecule has 0 aliphatic carbocycles. The standard InChI is InChI=1S/C20H21F5N6.ClH/c1-12-16-17(26-11-27-18(16)30-29-12)28-15-7-9-31(10-19(15,21)22)8-6-13-2-4-14(5-3-13)20(23,24)25;/h2-5,11,15H,6-10H2,1H3,(H2,26,27,28,29,30);1H. The number of H-pyrrole nitrogens is 1.